The van der Waals surface area contributed by atoms with Gasteiger partial charge >= 0.3 is 6.09 Å². The summed E-state index contributed by atoms with van der Waals surface area (Å²) in [6.07, 6.45) is 0.177. The fourth-order valence-electron chi connectivity index (χ4n) is 2.05. The number of nitriles is 1. The summed E-state index contributed by atoms with van der Waals surface area (Å²) in [5.74, 6) is 0. The van der Waals surface area contributed by atoms with E-state index in [0.717, 1.165) is 0 Å². The predicted octanol–water partition coefficient (Wildman–Crippen LogP) is 2.74. The lowest BCUT2D eigenvalue weighted by Crippen LogP contribution is -2.45. The second-order valence-corrected chi connectivity index (χ2v) is 11.4. The van der Waals surface area contributed by atoms with Gasteiger partial charge in [0.15, 0.2) is 13.9 Å². The number of hydrogen-bond donors (Lipinski definition) is 0. The normalized spacial score (nSPS) is 24.2. The number of amides is 1. The number of ether oxygens (including phenoxy) is 1. The van der Waals surface area contributed by atoms with E-state index in [1.54, 1.807) is 4.90 Å². The Hall–Kier alpha value is -1.06. The molecule has 1 saturated heterocycles. The first-order chi connectivity index (χ1) is 8.46. The van der Waals surface area contributed by atoms with Crippen molar-refractivity contribution < 1.29 is 14.0 Å². The highest BCUT2D eigenvalue weighted by atomic mass is 28.4. The molecule has 0 aromatic rings. The second kappa shape index (κ2) is 5.14. The highest BCUT2D eigenvalue weighted by molar-refractivity contribution is 6.69. The molecule has 0 aromatic heterocycles. The molecule has 108 valence electrons. The fraction of sp³-hybridized carbons (Fsp3) is 0.846. The third-order valence-corrected chi connectivity index (χ3v) is 3.59. The summed E-state index contributed by atoms with van der Waals surface area (Å²) in [5, 5.41) is 9.38. The molecule has 1 fully saturated rings. The lowest BCUT2D eigenvalue weighted by molar-refractivity contribution is 0.0249. The van der Waals surface area contributed by atoms with Gasteiger partial charge in [-0.25, -0.2) is 4.79 Å². The minimum Gasteiger partial charge on any atom is -0.444 e. The van der Waals surface area contributed by atoms with Crippen LogP contribution in [0.25, 0.3) is 0 Å². The molecule has 1 heterocycles. The zero-order chi connectivity index (χ0) is 14.9. The van der Waals surface area contributed by atoms with Gasteiger partial charge in [-0.3, -0.25) is 0 Å². The van der Waals surface area contributed by atoms with Gasteiger partial charge < -0.3 is 14.1 Å². The van der Waals surface area contributed by atoms with E-state index in [4.69, 9.17) is 9.16 Å². The van der Waals surface area contributed by atoms with Crippen molar-refractivity contribution in [1.29, 1.82) is 5.26 Å². The molecule has 1 unspecified atom stereocenters. The standard InChI is InChI=1S/C13H24N2O3Si/c1-12(2,3)17-11(16)15-8-7-13(9-14,10-15)18-19(4,5)6/h7-8,10H2,1-6H3. The molecule has 0 aliphatic carbocycles. The monoisotopic (exact) mass is 284 g/mol. The van der Waals surface area contributed by atoms with Gasteiger partial charge in [-0.2, -0.15) is 5.26 Å². The first-order valence-corrected chi connectivity index (χ1v) is 9.97. The molecule has 0 N–H and O–H groups in total. The number of carbonyl (C=O) groups is 1. The molecule has 1 aliphatic heterocycles. The van der Waals surface area contributed by atoms with Crippen molar-refractivity contribution in [3.8, 4) is 6.07 Å². The van der Waals surface area contributed by atoms with Crippen LogP contribution in [0, 0.1) is 11.3 Å². The molecule has 1 amide bonds. The van der Waals surface area contributed by atoms with E-state index < -0.39 is 19.5 Å². The third-order valence-electron chi connectivity index (χ3n) is 2.59. The molecule has 6 heteroatoms. The number of rotatable bonds is 2. The smallest absolute Gasteiger partial charge is 0.410 e. The SMILES string of the molecule is CC(C)(C)OC(=O)N1CCC(C#N)(O[Si](C)(C)C)C1. The summed E-state index contributed by atoms with van der Waals surface area (Å²) in [6.45, 7) is 12.4. The molecule has 0 saturated carbocycles. The molecule has 0 aromatic carbocycles. The Kier molecular flexibility index (Phi) is 4.32. The molecule has 0 radical (unpaired) electrons. The second-order valence-electron chi connectivity index (χ2n) is 6.97. The van der Waals surface area contributed by atoms with Crippen molar-refractivity contribution >= 4 is 14.4 Å². The van der Waals surface area contributed by atoms with Gasteiger partial charge in [-0.15, -0.1) is 0 Å². The number of carbonyl (C=O) groups excluding carboxylic acids is 1. The summed E-state index contributed by atoms with van der Waals surface area (Å²) >= 11 is 0. The van der Waals surface area contributed by atoms with Crippen LogP contribution in [-0.4, -0.2) is 43.6 Å². The Morgan fingerprint density at radius 3 is 2.37 bits per heavy atom. The topological polar surface area (TPSA) is 62.6 Å². The van der Waals surface area contributed by atoms with Crippen LogP contribution in [-0.2, 0) is 9.16 Å². The van der Waals surface area contributed by atoms with Crippen LogP contribution in [0.4, 0.5) is 4.79 Å². The lowest BCUT2D eigenvalue weighted by atomic mass is 10.1. The van der Waals surface area contributed by atoms with Gasteiger partial charge in [0, 0.05) is 13.0 Å². The van der Waals surface area contributed by atoms with E-state index in [2.05, 4.69) is 6.07 Å². The van der Waals surface area contributed by atoms with Gasteiger partial charge in [0.2, 0.25) is 0 Å². The molecule has 5 nitrogen and oxygen atoms in total. The number of likely N-dealkylation sites (tertiary alicyclic amines) is 1. The largest absolute Gasteiger partial charge is 0.444 e. The Morgan fingerprint density at radius 2 is 1.95 bits per heavy atom. The lowest BCUT2D eigenvalue weighted by Gasteiger charge is -2.30. The molecule has 1 atom stereocenters. The number of nitrogens with zero attached hydrogens (tertiary/aromatic N) is 2. The van der Waals surface area contributed by atoms with Gasteiger partial charge in [0.25, 0.3) is 0 Å². The Morgan fingerprint density at radius 1 is 1.37 bits per heavy atom. The van der Waals surface area contributed by atoms with E-state index in [9.17, 15) is 10.1 Å². The zero-order valence-electron chi connectivity index (χ0n) is 12.7. The highest BCUT2D eigenvalue weighted by Gasteiger charge is 2.45. The van der Waals surface area contributed by atoms with Crippen LogP contribution < -0.4 is 0 Å². The van der Waals surface area contributed by atoms with Crippen molar-refractivity contribution in [2.45, 2.75) is 58.0 Å². The minimum absolute atomic E-state index is 0.294. The minimum atomic E-state index is -1.83. The zero-order valence-corrected chi connectivity index (χ0v) is 13.7. The molecule has 1 rings (SSSR count). The van der Waals surface area contributed by atoms with Crippen molar-refractivity contribution in [3.05, 3.63) is 0 Å². The van der Waals surface area contributed by atoms with Crippen LogP contribution in [0.15, 0.2) is 0 Å². The van der Waals surface area contributed by atoms with Crippen LogP contribution >= 0.6 is 0 Å². The van der Waals surface area contributed by atoms with Crippen molar-refractivity contribution in [2.24, 2.45) is 0 Å². The fourth-order valence-corrected chi connectivity index (χ4v) is 3.43. The van der Waals surface area contributed by atoms with Crippen molar-refractivity contribution in [2.75, 3.05) is 13.1 Å². The summed E-state index contributed by atoms with van der Waals surface area (Å²) < 4.78 is 11.3. The average Bonchev–Trinajstić information content (AvgIpc) is 2.57. The molecule has 0 bridgehead atoms. The first kappa shape index (κ1) is 16.0. The van der Waals surface area contributed by atoms with E-state index >= 15 is 0 Å². The molecule has 19 heavy (non-hydrogen) atoms. The van der Waals surface area contributed by atoms with Crippen LogP contribution in [0.5, 0.6) is 0 Å². The molecular weight excluding hydrogens is 260 g/mol. The molecule has 0 spiro atoms. The summed E-state index contributed by atoms with van der Waals surface area (Å²) in [4.78, 5) is 13.5. The van der Waals surface area contributed by atoms with E-state index in [1.165, 1.54) is 0 Å². The maximum absolute atomic E-state index is 12.0. The quantitative estimate of drug-likeness (QED) is 0.731. The third kappa shape index (κ3) is 4.84. The van der Waals surface area contributed by atoms with Gasteiger partial charge in [0.1, 0.15) is 5.60 Å². The first-order valence-electron chi connectivity index (χ1n) is 6.56. The average molecular weight is 284 g/mol. The summed E-state index contributed by atoms with van der Waals surface area (Å²) in [5.41, 5.74) is -1.38. The highest BCUT2D eigenvalue weighted by Crippen LogP contribution is 2.29. The number of hydrogen-bond acceptors (Lipinski definition) is 4. The maximum atomic E-state index is 12.0. The van der Waals surface area contributed by atoms with E-state index in [0.29, 0.717) is 19.5 Å². The van der Waals surface area contributed by atoms with E-state index in [1.807, 2.05) is 40.4 Å². The summed E-state index contributed by atoms with van der Waals surface area (Å²) in [6, 6.07) is 2.24. The van der Waals surface area contributed by atoms with Crippen LogP contribution in [0.1, 0.15) is 27.2 Å². The Balaban J connectivity index is 2.71. The van der Waals surface area contributed by atoms with Crippen LogP contribution in [0.3, 0.4) is 0 Å². The molecule has 1 aliphatic rings. The Bertz CT molecular complexity index is 392. The van der Waals surface area contributed by atoms with Crippen molar-refractivity contribution in [3.63, 3.8) is 0 Å². The Labute approximate surface area is 116 Å². The summed E-state index contributed by atoms with van der Waals surface area (Å²) in [7, 11) is -1.83. The predicted molar refractivity (Wildman–Crippen MR) is 75.2 cm³/mol. The molecular formula is C13H24N2O3Si. The maximum Gasteiger partial charge on any atom is 0.410 e. The van der Waals surface area contributed by atoms with E-state index in [-0.39, 0.29) is 6.09 Å². The van der Waals surface area contributed by atoms with Gasteiger partial charge in [0.05, 0.1) is 12.6 Å². The van der Waals surface area contributed by atoms with Gasteiger partial charge in [-0.05, 0) is 40.4 Å². The van der Waals surface area contributed by atoms with Crippen molar-refractivity contribution in [1.82, 2.24) is 4.90 Å². The van der Waals surface area contributed by atoms with Gasteiger partial charge in [-0.1, -0.05) is 0 Å². The van der Waals surface area contributed by atoms with Crippen LogP contribution in [0.2, 0.25) is 19.6 Å².